The molecule has 1 atom stereocenters. The minimum absolute atomic E-state index is 0.399. The molecule has 0 aliphatic heterocycles. The highest BCUT2D eigenvalue weighted by atomic mass is 32.2. The molecule has 4 heteroatoms. The van der Waals surface area contributed by atoms with Crippen LogP contribution in [0.25, 0.3) is 0 Å². The summed E-state index contributed by atoms with van der Waals surface area (Å²) in [4.78, 5) is 0.402. The molecule has 0 heterocycles. The normalized spacial score (nSPS) is 13.9. The highest BCUT2D eigenvalue weighted by Gasteiger charge is 2.22. The number of rotatable bonds is 6. The van der Waals surface area contributed by atoms with Crippen molar-refractivity contribution in [1.29, 1.82) is 0 Å². The van der Waals surface area contributed by atoms with Crippen molar-refractivity contribution in [2.24, 2.45) is 5.92 Å². The van der Waals surface area contributed by atoms with Crippen LogP contribution in [0.15, 0.2) is 35.2 Å². The Morgan fingerprint density at radius 1 is 1.06 bits per heavy atom. The van der Waals surface area contributed by atoms with E-state index in [1.807, 2.05) is 6.07 Å². The second-order valence-electron chi connectivity index (χ2n) is 4.72. The summed E-state index contributed by atoms with van der Waals surface area (Å²) in [7, 11) is -3.20. The Balaban J connectivity index is 2.65. The first kappa shape index (κ1) is 14.2. The highest BCUT2D eigenvalue weighted by Crippen LogP contribution is 2.14. The van der Waals surface area contributed by atoms with Gasteiger partial charge in [0.05, 0.1) is 10.1 Å². The maximum Gasteiger partial charge on any atom is 0.182 e. The van der Waals surface area contributed by atoms with Crippen LogP contribution < -0.4 is 5.32 Å². The number of hydrogen-bond donors (Lipinski definition) is 1. The highest BCUT2D eigenvalue weighted by molar-refractivity contribution is 7.92. The zero-order chi connectivity index (χ0) is 12.9. The molecule has 3 nitrogen and oxygen atoms in total. The minimum atomic E-state index is -3.20. The second kappa shape index (κ2) is 6.17. The lowest BCUT2D eigenvalue weighted by molar-refractivity contribution is 0.535. The van der Waals surface area contributed by atoms with E-state index in [0.29, 0.717) is 17.4 Å². The molecule has 0 radical (unpaired) electrons. The average Bonchev–Trinajstić information content (AvgIpc) is 2.29. The van der Waals surface area contributed by atoms with Gasteiger partial charge in [-0.1, -0.05) is 32.0 Å². The summed E-state index contributed by atoms with van der Waals surface area (Å²) in [5.74, 6) is 0.529. The van der Waals surface area contributed by atoms with Gasteiger partial charge in [0.15, 0.2) is 9.84 Å². The van der Waals surface area contributed by atoms with Gasteiger partial charge in [-0.25, -0.2) is 8.42 Å². The van der Waals surface area contributed by atoms with Crippen molar-refractivity contribution >= 4 is 9.84 Å². The molecule has 1 aromatic rings. The lowest BCUT2D eigenvalue weighted by Gasteiger charge is -2.14. The molecule has 1 aromatic carbocycles. The van der Waals surface area contributed by atoms with Gasteiger partial charge in [-0.15, -0.1) is 0 Å². The fourth-order valence-corrected chi connectivity index (χ4v) is 2.87. The summed E-state index contributed by atoms with van der Waals surface area (Å²) < 4.78 is 24.3. The van der Waals surface area contributed by atoms with Crippen molar-refractivity contribution in [3.63, 3.8) is 0 Å². The quantitative estimate of drug-likeness (QED) is 0.846. The van der Waals surface area contributed by atoms with Crippen LogP contribution >= 0.6 is 0 Å². The van der Waals surface area contributed by atoms with Crippen LogP contribution in [0, 0.1) is 5.92 Å². The van der Waals surface area contributed by atoms with Gasteiger partial charge in [0.1, 0.15) is 0 Å². The number of hydrogen-bond acceptors (Lipinski definition) is 3. The molecule has 0 saturated carbocycles. The predicted molar refractivity (Wildman–Crippen MR) is 70.8 cm³/mol. The van der Waals surface area contributed by atoms with Crippen molar-refractivity contribution in [2.75, 3.05) is 13.1 Å². The second-order valence-corrected chi connectivity index (χ2v) is 7.09. The smallest absolute Gasteiger partial charge is 0.182 e. The molecule has 0 amide bonds. The summed E-state index contributed by atoms with van der Waals surface area (Å²) in [6.45, 7) is 7.28. The van der Waals surface area contributed by atoms with Gasteiger partial charge < -0.3 is 5.32 Å². The monoisotopic (exact) mass is 255 g/mol. The van der Waals surface area contributed by atoms with Gasteiger partial charge >= 0.3 is 0 Å². The van der Waals surface area contributed by atoms with Crippen LogP contribution in [-0.2, 0) is 9.84 Å². The lowest BCUT2D eigenvalue weighted by Crippen LogP contribution is -2.33. The first-order valence-corrected chi connectivity index (χ1v) is 7.49. The first-order chi connectivity index (χ1) is 7.94. The third kappa shape index (κ3) is 4.13. The van der Waals surface area contributed by atoms with Gasteiger partial charge in [-0.05, 0) is 31.5 Å². The van der Waals surface area contributed by atoms with E-state index < -0.39 is 15.1 Å². The molecular weight excluding hydrogens is 234 g/mol. The van der Waals surface area contributed by atoms with Gasteiger partial charge in [0, 0.05) is 6.54 Å². The van der Waals surface area contributed by atoms with Crippen molar-refractivity contribution in [3.05, 3.63) is 30.3 Å². The standard InChI is InChI=1S/C13H21NO2S/c1-11(2)9-14-10-12(3)17(15,16)13-7-5-4-6-8-13/h4-8,11-12,14H,9-10H2,1-3H3. The number of nitrogens with one attached hydrogen (secondary N) is 1. The van der Waals surface area contributed by atoms with Gasteiger partial charge in [-0.2, -0.15) is 0 Å². The van der Waals surface area contributed by atoms with Crippen LogP contribution in [0.3, 0.4) is 0 Å². The van der Waals surface area contributed by atoms with E-state index in [1.165, 1.54) is 0 Å². The SMILES string of the molecule is CC(C)CNCC(C)S(=O)(=O)c1ccccc1. The van der Waals surface area contributed by atoms with Crippen molar-refractivity contribution < 1.29 is 8.42 Å². The van der Waals surface area contributed by atoms with Crippen LogP contribution in [0.5, 0.6) is 0 Å². The fourth-order valence-electron chi connectivity index (χ4n) is 1.53. The topological polar surface area (TPSA) is 46.2 Å². The maximum absolute atomic E-state index is 12.2. The van der Waals surface area contributed by atoms with E-state index in [0.717, 1.165) is 6.54 Å². The largest absolute Gasteiger partial charge is 0.315 e. The van der Waals surface area contributed by atoms with Crippen molar-refractivity contribution in [3.8, 4) is 0 Å². The van der Waals surface area contributed by atoms with Crippen LogP contribution in [0.2, 0.25) is 0 Å². The molecule has 0 bridgehead atoms. The first-order valence-electron chi connectivity index (χ1n) is 5.94. The molecule has 1 rings (SSSR count). The average molecular weight is 255 g/mol. The van der Waals surface area contributed by atoms with Crippen LogP contribution in [0.4, 0.5) is 0 Å². The zero-order valence-electron chi connectivity index (χ0n) is 10.7. The van der Waals surface area contributed by atoms with E-state index in [9.17, 15) is 8.42 Å². The zero-order valence-corrected chi connectivity index (χ0v) is 11.5. The third-order valence-electron chi connectivity index (χ3n) is 2.59. The Bertz CT molecular complexity index is 426. The molecule has 0 fully saturated rings. The molecule has 96 valence electrons. The minimum Gasteiger partial charge on any atom is -0.315 e. The lowest BCUT2D eigenvalue weighted by atomic mass is 10.2. The molecule has 0 aromatic heterocycles. The molecule has 0 aliphatic carbocycles. The van der Waals surface area contributed by atoms with E-state index in [4.69, 9.17) is 0 Å². The molecule has 1 N–H and O–H groups in total. The third-order valence-corrected chi connectivity index (χ3v) is 4.74. The maximum atomic E-state index is 12.2. The molecule has 0 spiro atoms. The fraction of sp³-hybridized carbons (Fsp3) is 0.538. The van der Waals surface area contributed by atoms with Gasteiger partial charge in [0.25, 0.3) is 0 Å². The van der Waals surface area contributed by atoms with Crippen molar-refractivity contribution in [1.82, 2.24) is 5.32 Å². The summed E-state index contributed by atoms with van der Waals surface area (Å²) in [5.41, 5.74) is 0. The molecular formula is C13H21NO2S. The Morgan fingerprint density at radius 2 is 1.65 bits per heavy atom. The molecule has 0 saturated heterocycles. The predicted octanol–water partition coefficient (Wildman–Crippen LogP) is 2.09. The number of sulfone groups is 1. The van der Waals surface area contributed by atoms with E-state index in [1.54, 1.807) is 31.2 Å². The summed E-state index contributed by atoms with van der Waals surface area (Å²) in [6.07, 6.45) is 0. The summed E-state index contributed by atoms with van der Waals surface area (Å²) in [6, 6.07) is 8.62. The van der Waals surface area contributed by atoms with Gasteiger partial charge in [0.2, 0.25) is 0 Å². The van der Waals surface area contributed by atoms with Crippen molar-refractivity contribution in [2.45, 2.75) is 30.9 Å². The van der Waals surface area contributed by atoms with Crippen LogP contribution in [-0.4, -0.2) is 26.8 Å². The molecule has 17 heavy (non-hydrogen) atoms. The van der Waals surface area contributed by atoms with Gasteiger partial charge in [-0.3, -0.25) is 0 Å². The summed E-state index contributed by atoms with van der Waals surface area (Å²) in [5, 5.41) is 2.78. The van der Waals surface area contributed by atoms with E-state index in [-0.39, 0.29) is 0 Å². The van der Waals surface area contributed by atoms with Crippen LogP contribution in [0.1, 0.15) is 20.8 Å². The Labute approximate surface area is 104 Å². The van der Waals surface area contributed by atoms with E-state index >= 15 is 0 Å². The van der Waals surface area contributed by atoms with E-state index in [2.05, 4.69) is 19.2 Å². The summed E-state index contributed by atoms with van der Waals surface area (Å²) >= 11 is 0. The Hall–Kier alpha value is -0.870. The Morgan fingerprint density at radius 3 is 2.18 bits per heavy atom. The Kier molecular flexibility index (Phi) is 5.15. The number of benzene rings is 1. The molecule has 0 aliphatic rings. The molecule has 1 unspecified atom stereocenters.